The quantitative estimate of drug-likeness (QED) is 0.744. The molecule has 1 aromatic heterocycles. The maximum absolute atomic E-state index is 13.0. The van der Waals surface area contributed by atoms with Crippen LogP contribution in [-0.2, 0) is 0 Å². The first-order valence-corrected chi connectivity index (χ1v) is 9.70. The van der Waals surface area contributed by atoms with Gasteiger partial charge in [0.15, 0.2) is 11.4 Å². The van der Waals surface area contributed by atoms with E-state index in [0.29, 0.717) is 6.54 Å². The second-order valence-corrected chi connectivity index (χ2v) is 7.57. The Hall–Kier alpha value is -3.41. The molecular formula is C23H23N3O3. The monoisotopic (exact) mass is 389 g/mol. The number of carbonyl (C=O) groups excluding carboxylic acids is 1. The number of aromatic hydroxyl groups is 1. The predicted octanol–water partition coefficient (Wildman–Crippen LogP) is 3.19. The lowest BCUT2D eigenvalue weighted by Crippen LogP contribution is -2.49. The highest BCUT2D eigenvalue weighted by Gasteiger charge is 2.40. The van der Waals surface area contributed by atoms with Crippen molar-refractivity contribution in [3.63, 3.8) is 0 Å². The maximum atomic E-state index is 13.0. The number of aromatic nitrogens is 2. The van der Waals surface area contributed by atoms with E-state index in [9.17, 15) is 14.7 Å². The number of hydrogen-bond acceptors (Lipinski definition) is 4. The Bertz CT molecular complexity index is 1040. The van der Waals surface area contributed by atoms with Crippen molar-refractivity contribution in [1.82, 2.24) is 14.7 Å². The molecular weight excluding hydrogens is 366 g/mol. The normalized spacial score (nSPS) is 16.3. The Morgan fingerprint density at radius 2 is 1.52 bits per heavy atom. The third kappa shape index (κ3) is 3.31. The van der Waals surface area contributed by atoms with Gasteiger partial charge in [0.2, 0.25) is 5.43 Å². The van der Waals surface area contributed by atoms with Gasteiger partial charge in [-0.3, -0.25) is 14.3 Å². The zero-order valence-corrected chi connectivity index (χ0v) is 16.4. The summed E-state index contributed by atoms with van der Waals surface area (Å²) >= 11 is 0. The lowest BCUT2D eigenvalue weighted by atomic mass is 9.83. The minimum atomic E-state index is -0.648. The van der Waals surface area contributed by atoms with E-state index < -0.39 is 11.2 Å². The molecule has 0 spiro atoms. The highest BCUT2D eigenvalue weighted by molar-refractivity contribution is 5.96. The smallest absolute Gasteiger partial charge is 0.276 e. The predicted molar refractivity (Wildman–Crippen MR) is 110 cm³/mol. The SMILES string of the molecule is CC(C)N1C[C@H](C(c2ccccc2)c2ccccc2)n2ncc(=O)c(O)c2C1=O. The summed E-state index contributed by atoms with van der Waals surface area (Å²) in [6, 6.07) is 19.7. The number of rotatable bonds is 4. The molecule has 1 amide bonds. The second kappa shape index (κ2) is 7.54. The first-order valence-electron chi connectivity index (χ1n) is 9.70. The molecule has 0 fully saturated rings. The number of nitrogens with zero attached hydrogens (tertiary/aromatic N) is 3. The fourth-order valence-electron chi connectivity index (χ4n) is 4.06. The number of carbonyl (C=O) groups is 1. The minimum Gasteiger partial charge on any atom is -0.502 e. The van der Waals surface area contributed by atoms with Gasteiger partial charge < -0.3 is 10.0 Å². The number of benzene rings is 2. The largest absolute Gasteiger partial charge is 0.502 e. The molecule has 3 aromatic rings. The van der Waals surface area contributed by atoms with E-state index in [1.807, 2.05) is 50.2 Å². The average Bonchev–Trinajstić information content (AvgIpc) is 2.73. The van der Waals surface area contributed by atoms with Crippen molar-refractivity contribution in [1.29, 1.82) is 0 Å². The first kappa shape index (κ1) is 18.9. The van der Waals surface area contributed by atoms with Crippen LogP contribution in [0.25, 0.3) is 0 Å². The van der Waals surface area contributed by atoms with Gasteiger partial charge in [0.25, 0.3) is 5.91 Å². The lowest BCUT2D eigenvalue weighted by molar-refractivity contribution is 0.0570. The summed E-state index contributed by atoms with van der Waals surface area (Å²) in [4.78, 5) is 26.8. The standard InChI is InChI=1S/C23H23N3O3/c1-15(2)25-14-18(26-21(23(25)29)22(28)19(27)13-24-26)20(16-9-5-3-6-10-16)17-11-7-4-8-12-17/h3-13,15,18,20,28H,14H2,1-2H3/t18-/m1/s1. The summed E-state index contributed by atoms with van der Waals surface area (Å²) in [6.45, 7) is 4.28. The van der Waals surface area contributed by atoms with Gasteiger partial charge in [-0.15, -0.1) is 0 Å². The van der Waals surface area contributed by atoms with Crippen molar-refractivity contribution in [3.8, 4) is 5.75 Å². The molecule has 29 heavy (non-hydrogen) atoms. The highest BCUT2D eigenvalue weighted by Crippen LogP contribution is 2.39. The Morgan fingerprint density at radius 1 is 0.966 bits per heavy atom. The third-order valence-electron chi connectivity index (χ3n) is 5.47. The fraction of sp³-hybridized carbons (Fsp3) is 0.261. The molecule has 1 aliphatic heterocycles. The van der Waals surface area contributed by atoms with Gasteiger partial charge in [-0.05, 0) is 25.0 Å². The molecule has 1 N–H and O–H groups in total. The van der Waals surface area contributed by atoms with Gasteiger partial charge in [-0.2, -0.15) is 5.10 Å². The van der Waals surface area contributed by atoms with Crippen molar-refractivity contribution in [3.05, 3.63) is 93.9 Å². The Labute approximate surface area is 169 Å². The van der Waals surface area contributed by atoms with Gasteiger partial charge in [0, 0.05) is 18.5 Å². The van der Waals surface area contributed by atoms with Gasteiger partial charge >= 0.3 is 0 Å². The number of fused-ring (bicyclic) bond motifs is 1. The van der Waals surface area contributed by atoms with E-state index in [-0.39, 0.29) is 29.6 Å². The van der Waals surface area contributed by atoms with E-state index in [4.69, 9.17) is 0 Å². The Balaban J connectivity index is 1.95. The zero-order chi connectivity index (χ0) is 20.5. The zero-order valence-electron chi connectivity index (χ0n) is 16.4. The van der Waals surface area contributed by atoms with Crippen LogP contribution < -0.4 is 5.43 Å². The molecule has 0 radical (unpaired) electrons. The van der Waals surface area contributed by atoms with Crippen molar-refractivity contribution in [2.45, 2.75) is 31.8 Å². The topological polar surface area (TPSA) is 75.4 Å². The van der Waals surface area contributed by atoms with Crippen LogP contribution in [0.1, 0.15) is 47.4 Å². The lowest BCUT2D eigenvalue weighted by Gasteiger charge is -2.40. The molecule has 1 atom stereocenters. The van der Waals surface area contributed by atoms with Gasteiger partial charge in [0.05, 0.1) is 12.2 Å². The summed E-state index contributed by atoms with van der Waals surface area (Å²) in [6.07, 6.45) is 1.08. The van der Waals surface area contributed by atoms with Gasteiger partial charge in [0.1, 0.15) is 0 Å². The van der Waals surface area contributed by atoms with Crippen molar-refractivity contribution >= 4 is 5.91 Å². The summed E-state index contributed by atoms with van der Waals surface area (Å²) in [5.41, 5.74) is 1.46. The molecule has 2 aromatic carbocycles. The Morgan fingerprint density at radius 3 is 2.03 bits per heavy atom. The van der Waals surface area contributed by atoms with Crippen LogP contribution in [0.3, 0.4) is 0 Å². The van der Waals surface area contributed by atoms with Crippen LogP contribution in [0.5, 0.6) is 5.75 Å². The number of amides is 1. The van der Waals surface area contributed by atoms with Crippen LogP contribution in [0.4, 0.5) is 0 Å². The molecule has 1 aliphatic rings. The van der Waals surface area contributed by atoms with Crippen LogP contribution in [0.2, 0.25) is 0 Å². The number of hydrogen-bond donors (Lipinski definition) is 1. The molecule has 0 bridgehead atoms. The fourth-order valence-corrected chi connectivity index (χ4v) is 4.06. The molecule has 0 saturated carbocycles. The van der Waals surface area contributed by atoms with E-state index in [1.165, 1.54) is 4.68 Å². The van der Waals surface area contributed by atoms with E-state index in [1.54, 1.807) is 4.90 Å². The summed E-state index contributed by atoms with van der Waals surface area (Å²) in [5.74, 6) is -1.03. The van der Waals surface area contributed by atoms with Crippen LogP contribution in [0, 0.1) is 0 Å². The van der Waals surface area contributed by atoms with Crippen LogP contribution in [-0.4, -0.2) is 38.3 Å². The summed E-state index contributed by atoms with van der Waals surface area (Å²) in [5, 5.41) is 14.7. The van der Waals surface area contributed by atoms with E-state index >= 15 is 0 Å². The molecule has 0 unspecified atom stereocenters. The molecule has 6 heteroatoms. The molecule has 0 aliphatic carbocycles. The van der Waals surface area contributed by atoms with E-state index in [0.717, 1.165) is 17.3 Å². The molecule has 2 heterocycles. The molecule has 4 rings (SSSR count). The Kier molecular flexibility index (Phi) is 4.92. The van der Waals surface area contributed by atoms with E-state index in [2.05, 4.69) is 29.4 Å². The van der Waals surface area contributed by atoms with Gasteiger partial charge in [-0.25, -0.2) is 0 Å². The summed E-state index contributed by atoms with van der Waals surface area (Å²) < 4.78 is 1.53. The van der Waals surface area contributed by atoms with Crippen molar-refractivity contribution in [2.75, 3.05) is 6.54 Å². The highest BCUT2D eigenvalue weighted by atomic mass is 16.3. The molecule has 148 valence electrons. The molecule has 6 nitrogen and oxygen atoms in total. The second-order valence-electron chi connectivity index (χ2n) is 7.57. The third-order valence-corrected chi connectivity index (χ3v) is 5.47. The first-order chi connectivity index (χ1) is 14.0. The molecule has 0 saturated heterocycles. The van der Waals surface area contributed by atoms with Crippen molar-refractivity contribution < 1.29 is 9.90 Å². The van der Waals surface area contributed by atoms with Gasteiger partial charge in [-0.1, -0.05) is 60.7 Å². The van der Waals surface area contributed by atoms with Crippen LogP contribution >= 0.6 is 0 Å². The van der Waals surface area contributed by atoms with Crippen molar-refractivity contribution in [2.24, 2.45) is 0 Å². The average molecular weight is 389 g/mol. The minimum absolute atomic E-state index is 0.0423. The van der Waals surface area contributed by atoms with Crippen LogP contribution in [0.15, 0.2) is 71.7 Å². The summed E-state index contributed by atoms with van der Waals surface area (Å²) in [7, 11) is 0. The maximum Gasteiger partial charge on any atom is 0.276 e.